The maximum absolute atomic E-state index is 5.78. The summed E-state index contributed by atoms with van der Waals surface area (Å²) in [5, 5.41) is 4.40. The predicted molar refractivity (Wildman–Crippen MR) is 62.3 cm³/mol. The van der Waals surface area contributed by atoms with E-state index in [2.05, 4.69) is 21.6 Å². The fraction of sp³-hybridized carbons (Fsp3) is 0.455. The third-order valence-corrected chi connectivity index (χ3v) is 2.78. The van der Waals surface area contributed by atoms with Gasteiger partial charge in [-0.05, 0) is 6.92 Å². The van der Waals surface area contributed by atoms with Crippen LogP contribution in [0.2, 0.25) is 0 Å². The second-order valence-electron chi connectivity index (χ2n) is 3.78. The fourth-order valence-electron chi connectivity index (χ4n) is 2.02. The van der Waals surface area contributed by atoms with Gasteiger partial charge in [0.1, 0.15) is 11.6 Å². The summed E-state index contributed by atoms with van der Waals surface area (Å²) in [7, 11) is 1.93. The summed E-state index contributed by atoms with van der Waals surface area (Å²) in [4.78, 5) is 4.32. The SMILES string of the molecule is CCc1nccn1-c1c(CN)c(C)nn1C. The number of rotatable bonds is 3. The van der Waals surface area contributed by atoms with Crippen LogP contribution < -0.4 is 5.73 Å². The Bertz CT molecular complexity index is 494. The van der Waals surface area contributed by atoms with Crippen LogP contribution in [0.4, 0.5) is 0 Å². The first kappa shape index (κ1) is 10.9. The summed E-state index contributed by atoms with van der Waals surface area (Å²) in [5.41, 5.74) is 7.84. The minimum atomic E-state index is 0.496. The Morgan fingerprint density at radius 2 is 2.19 bits per heavy atom. The van der Waals surface area contributed by atoms with Gasteiger partial charge < -0.3 is 5.73 Å². The zero-order valence-corrected chi connectivity index (χ0v) is 9.94. The molecular weight excluding hydrogens is 202 g/mol. The molecule has 2 aromatic rings. The van der Waals surface area contributed by atoms with Crippen molar-refractivity contribution in [3.63, 3.8) is 0 Å². The molecule has 2 aromatic heterocycles. The summed E-state index contributed by atoms with van der Waals surface area (Å²) in [5.74, 6) is 2.05. The number of imidazole rings is 1. The first-order valence-electron chi connectivity index (χ1n) is 5.44. The zero-order valence-electron chi connectivity index (χ0n) is 9.94. The highest BCUT2D eigenvalue weighted by Gasteiger charge is 2.15. The highest BCUT2D eigenvalue weighted by Crippen LogP contribution is 2.18. The van der Waals surface area contributed by atoms with E-state index in [0.717, 1.165) is 29.3 Å². The lowest BCUT2D eigenvalue weighted by Gasteiger charge is -2.09. The third kappa shape index (κ3) is 1.53. The van der Waals surface area contributed by atoms with Crippen molar-refractivity contribution in [2.75, 3.05) is 0 Å². The van der Waals surface area contributed by atoms with Crippen molar-refractivity contribution < 1.29 is 0 Å². The van der Waals surface area contributed by atoms with Crippen molar-refractivity contribution in [2.24, 2.45) is 12.8 Å². The normalized spacial score (nSPS) is 11.0. The van der Waals surface area contributed by atoms with Crippen molar-refractivity contribution in [1.29, 1.82) is 0 Å². The van der Waals surface area contributed by atoms with Crippen LogP contribution in [0.1, 0.15) is 24.0 Å². The first-order valence-corrected chi connectivity index (χ1v) is 5.44. The molecule has 5 heteroatoms. The molecule has 0 radical (unpaired) electrons. The molecule has 2 N–H and O–H groups in total. The molecule has 0 aliphatic heterocycles. The van der Waals surface area contributed by atoms with Gasteiger partial charge in [-0.25, -0.2) is 4.98 Å². The standard InChI is InChI=1S/C11H17N5/c1-4-10-13-5-6-16(10)11-9(7-12)8(2)14-15(11)3/h5-6H,4,7,12H2,1-3H3. The van der Waals surface area contributed by atoms with E-state index in [9.17, 15) is 0 Å². The van der Waals surface area contributed by atoms with Gasteiger partial charge in [0.2, 0.25) is 0 Å². The molecule has 0 aliphatic carbocycles. The molecule has 0 amide bonds. The summed E-state index contributed by atoms with van der Waals surface area (Å²) in [6.45, 7) is 4.56. The molecule has 0 saturated carbocycles. The van der Waals surface area contributed by atoms with Crippen LogP contribution in [0, 0.1) is 6.92 Å². The van der Waals surface area contributed by atoms with E-state index in [-0.39, 0.29) is 0 Å². The Kier molecular flexibility index (Phi) is 2.78. The minimum Gasteiger partial charge on any atom is -0.326 e. The monoisotopic (exact) mass is 219 g/mol. The van der Waals surface area contributed by atoms with Gasteiger partial charge in [0.05, 0.1) is 5.69 Å². The maximum Gasteiger partial charge on any atom is 0.140 e. The number of aryl methyl sites for hydroxylation is 3. The molecule has 0 atom stereocenters. The summed E-state index contributed by atoms with van der Waals surface area (Å²) < 4.78 is 3.92. The van der Waals surface area contributed by atoms with Crippen LogP contribution in [0.25, 0.3) is 5.82 Å². The molecule has 86 valence electrons. The lowest BCUT2D eigenvalue weighted by molar-refractivity contribution is 0.707. The largest absolute Gasteiger partial charge is 0.326 e. The van der Waals surface area contributed by atoms with Crippen molar-refractivity contribution >= 4 is 0 Å². The first-order chi connectivity index (χ1) is 7.69. The number of nitrogens with two attached hydrogens (primary N) is 1. The molecule has 0 bridgehead atoms. The lowest BCUT2D eigenvalue weighted by Crippen LogP contribution is -2.09. The summed E-state index contributed by atoms with van der Waals surface area (Å²) in [6.07, 6.45) is 4.65. The second-order valence-corrected chi connectivity index (χ2v) is 3.78. The Morgan fingerprint density at radius 3 is 2.81 bits per heavy atom. The molecular formula is C11H17N5. The van der Waals surface area contributed by atoms with Crippen molar-refractivity contribution in [3.05, 3.63) is 29.5 Å². The van der Waals surface area contributed by atoms with Crippen LogP contribution in [0.3, 0.4) is 0 Å². The van der Waals surface area contributed by atoms with E-state index < -0.39 is 0 Å². The molecule has 0 spiro atoms. The Labute approximate surface area is 94.9 Å². The van der Waals surface area contributed by atoms with E-state index in [0.29, 0.717) is 6.54 Å². The maximum atomic E-state index is 5.78. The van der Waals surface area contributed by atoms with Crippen molar-refractivity contribution in [3.8, 4) is 5.82 Å². The average molecular weight is 219 g/mol. The quantitative estimate of drug-likeness (QED) is 0.835. The predicted octanol–water partition coefficient (Wildman–Crippen LogP) is 0.935. The van der Waals surface area contributed by atoms with Gasteiger partial charge in [-0.2, -0.15) is 5.10 Å². The third-order valence-electron chi connectivity index (χ3n) is 2.78. The number of hydrogen-bond donors (Lipinski definition) is 1. The topological polar surface area (TPSA) is 61.7 Å². The van der Waals surface area contributed by atoms with E-state index in [4.69, 9.17) is 5.73 Å². The fourth-order valence-corrected chi connectivity index (χ4v) is 2.02. The second kappa shape index (κ2) is 4.09. The summed E-state index contributed by atoms with van der Waals surface area (Å²) >= 11 is 0. The van der Waals surface area contributed by atoms with E-state index in [1.54, 1.807) is 0 Å². The molecule has 0 aromatic carbocycles. The Balaban J connectivity index is 2.63. The smallest absolute Gasteiger partial charge is 0.140 e. The van der Waals surface area contributed by atoms with Crippen molar-refractivity contribution in [2.45, 2.75) is 26.8 Å². The molecule has 0 unspecified atom stereocenters. The van der Waals surface area contributed by atoms with Crippen LogP contribution in [0.5, 0.6) is 0 Å². The number of nitrogens with zero attached hydrogens (tertiary/aromatic N) is 4. The van der Waals surface area contributed by atoms with Gasteiger partial charge in [0, 0.05) is 38.0 Å². The average Bonchev–Trinajstić information content (AvgIpc) is 2.81. The van der Waals surface area contributed by atoms with Gasteiger partial charge >= 0.3 is 0 Å². The van der Waals surface area contributed by atoms with Gasteiger partial charge in [-0.3, -0.25) is 9.25 Å². The number of aromatic nitrogens is 4. The lowest BCUT2D eigenvalue weighted by atomic mass is 10.2. The molecule has 5 nitrogen and oxygen atoms in total. The highest BCUT2D eigenvalue weighted by atomic mass is 15.3. The van der Waals surface area contributed by atoms with Crippen LogP contribution in [0.15, 0.2) is 12.4 Å². The van der Waals surface area contributed by atoms with Gasteiger partial charge in [0.15, 0.2) is 0 Å². The van der Waals surface area contributed by atoms with E-state index in [1.165, 1.54) is 0 Å². The van der Waals surface area contributed by atoms with Crippen LogP contribution >= 0.6 is 0 Å². The molecule has 16 heavy (non-hydrogen) atoms. The van der Waals surface area contributed by atoms with E-state index >= 15 is 0 Å². The molecule has 0 aliphatic rings. The summed E-state index contributed by atoms with van der Waals surface area (Å²) in [6, 6.07) is 0. The zero-order chi connectivity index (χ0) is 11.7. The van der Waals surface area contributed by atoms with Crippen LogP contribution in [-0.4, -0.2) is 19.3 Å². The Morgan fingerprint density at radius 1 is 1.44 bits per heavy atom. The van der Waals surface area contributed by atoms with E-state index in [1.807, 2.05) is 31.0 Å². The van der Waals surface area contributed by atoms with Gasteiger partial charge in [-0.1, -0.05) is 6.92 Å². The number of hydrogen-bond acceptors (Lipinski definition) is 3. The van der Waals surface area contributed by atoms with Gasteiger partial charge in [0.25, 0.3) is 0 Å². The minimum absolute atomic E-state index is 0.496. The van der Waals surface area contributed by atoms with Crippen LogP contribution in [-0.2, 0) is 20.0 Å². The van der Waals surface area contributed by atoms with Crippen molar-refractivity contribution in [1.82, 2.24) is 19.3 Å². The molecule has 2 rings (SSSR count). The highest BCUT2D eigenvalue weighted by molar-refractivity contribution is 5.39. The molecule has 0 saturated heterocycles. The molecule has 2 heterocycles. The Hall–Kier alpha value is -1.62. The molecule has 0 fully saturated rings. The van der Waals surface area contributed by atoms with Gasteiger partial charge in [-0.15, -0.1) is 0 Å².